The molecule has 0 saturated carbocycles. The van der Waals surface area contributed by atoms with Crippen molar-refractivity contribution in [2.75, 3.05) is 13.1 Å². The van der Waals surface area contributed by atoms with E-state index in [0.29, 0.717) is 0 Å². The first-order valence-corrected chi connectivity index (χ1v) is 5.92. The van der Waals surface area contributed by atoms with Gasteiger partial charge in [-0.1, -0.05) is 24.6 Å². The summed E-state index contributed by atoms with van der Waals surface area (Å²) in [5, 5.41) is 4.09. The second-order valence-electron chi connectivity index (χ2n) is 4.71. The normalized spacial score (nSPS) is 25.4. The Labute approximate surface area is 99.2 Å². The number of nitrogens with one attached hydrogen (secondary N) is 2. The number of benzene rings is 1. The maximum Gasteiger partial charge on any atom is 0.114 e. The lowest BCUT2D eigenvalue weighted by Gasteiger charge is -2.18. The first kappa shape index (κ1) is 10.1. The number of hydrogen-bond acceptors (Lipinski definition) is 2. The number of H-pyrrole nitrogens is 1. The lowest BCUT2D eigenvalue weighted by atomic mass is 9.89. The summed E-state index contributed by atoms with van der Waals surface area (Å²) in [6.45, 7) is 4.27. The molecule has 1 saturated heterocycles. The van der Waals surface area contributed by atoms with Gasteiger partial charge in [-0.2, -0.15) is 0 Å². The number of nitrogens with zero attached hydrogens (tertiary/aromatic N) is 1. The molecule has 1 aromatic heterocycles. The Balaban J connectivity index is 2.15. The summed E-state index contributed by atoms with van der Waals surface area (Å²) in [5.41, 5.74) is 2.02. The van der Waals surface area contributed by atoms with Crippen LogP contribution >= 0.6 is 11.6 Å². The van der Waals surface area contributed by atoms with Gasteiger partial charge in [-0.3, -0.25) is 0 Å². The highest BCUT2D eigenvalue weighted by Crippen LogP contribution is 2.31. The van der Waals surface area contributed by atoms with E-state index in [1.54, 1.807) is 0 Å². The number of halogens is 1. The van der Waals surface area contributed by atoms with E-state index in [0.717, 1.165) is 41.4 Å². The number of aromatic amines is 1. The maximum absolute atomic E-state index is 6.12. The summed E-state index contributed by atoms with van der Waals surface area (Å²) in [6.07, 6.45) is 1.12. The predicted octanol–water partition coefficient (Wildman–Crippen LogP) is 2.47. The number of imidazole rings is 1. The van der Waals surface area contributed by atoms with E-state index in [4.69, 9.17) is 11.6 Å². The molecule has 1 atom stereocenters. The second kappa shape index (κ2) is 3.47. The summed E-state index contributed by atoms with van der Waals surface area (Å²) < 4.78 is 0. The van der Waals surface area contributed by atoms with Crippen LogP contribution in [0.15, 0.2) is 18.2 Å². The molecule has 0 bridgehead atoms. The molecule has 0 radical (unpaired) electrons. The van der Waals surface area contributed by atoms with Gasteiger partial charge in [0, 0.05) is 12.0 Å². The summed E-state index contributed by atoms with van der Waals surface area (Å²) >= 11 is 6.12. The molecule has 0 spiro atoms. The lowest BCUT2D eigenvalue weighted by molar-refractivity contribution is 0.496. The molecule has 1 aliphatic rings. The number of aromatic nitrogens is 2. The van der Waals surface area contributed by atoms with Crippen LogP contribution in [0.1, 0.15) is 19.2 Å². The minimum Gasteiger partial charge on any atom is -0.341 e. The second-order valence-corrected chi connectivity index (χ2v) is 5.12. The summed E-state index contributed by atoms with van der Waals surface area (Å²) in [6, 6.07) is 5.84. The molecule has 16 heavy (non-hydrogen) atoms. The van der Waals surface area contributed by atoms with Gasteiger partial charge in [0.25, 0.3) is 0 Å². The van der Waals surface area contributed by atoms with E-state index in [-0.39, 0.29) is 5.41 Å². The van der Waals surface area contributed by atoms with Gasteiger partial charge in [0.2, 0.25) is 0 Å². The molecular weight excluding hydrogens is 222 g/mol. The highest BCUT2D eigenvalue weighted by molar-refractivity contribution is 6.34. The average Bonchev–Trinajstić information content (AvgIpc) is 2.85. The van der Waals surface area contributed by atoms with Gasteiger partial charge in [-0.05, 0) is 25.1 Å². The van der Waals surface area contributed by atoms with Gasteiger partial charge >= 0.3 is 0 Å². The first-order chi connectivity index (χ1) is 7.69. The van der Waals surface area contributed by atoms with Crippen molar-refractivity contribution in [1.29, 1.82) is 0 Å². The van der Waals surface area contributed by atoms with E-state index in [1.807, 2.05) is 18.2 Å². The highest BCUT2D eigenvalue weighted by atomic mass is 35.5. The van der Waals surface area contributed by atoms with Crippen LogP contribution < -0.4 is 5.32 Å². The third kappa shape index (κ3) is 1.43. The van der Waals surface area contributed by atoms with Gasteiger partial charge in [0.05, 0.1) is 10.5 Å². The van der Waals surface area contributed by atoms with Crippen LogP contribution in [0.4, 0.5) is 0 Å². The smallest absolute Gasteiger partial charge is 0.114 e. The number of para-hydroxylation sites is 1. The standard InChI is InChI=1S/C12H14ClN3/c1-12(5-6-14-7-12)11-15-9-4-2-3-8(13)10(9)16-11/h2-4,14H,5-7H2,1H3,(H,15,16). The molecule has 84 valence electrons. The van der Waals surface area contributed by atoms with E-state index in [2.05, 4.69) is 22.2 Å². The van der Waals surface area contributed by atoms with Crippen LogP contribution in [0.25, 0.3) is 11.0 Å². The van der Waals surface area contributed by atoms with Crippen molar-refractivity contribution >= 4 is 22.6 Å². The van der Waals surface area contributed by atoms with Crippen LogP contribution in [0.2, 0.25) is 5.02 Å². The van der Waals surface area contributed by atoms with Crippen LogP contribution in [0.5, 0.6) is 0 Å². The summed E-state index contributed by atoms with van der Waals surface area (Å²) in [5.74, 6) is 1.04. The van der Waals surface area contributed by atoms with Crippen molar-refractivity contribution in [1.82, 2.24) is 15.3 Å². The molecule has 2 aromatic rings. The predicted molar refractivity (Wildman–Crippen MR) is 65.9 cm³/mol. The highest BCUT2D eigenvalue weighted by Gasteiger charge is 2.33. The van der Waals surface area contributed by atoms with Gasteiger partial charge < -0.3 is 10.3 Å². The van der Waals surface area contributed by atoms with Crippen LogP contribution in [-0.4, -0.2) is 23.1 Å². The Morgan fingerprint density at radius 1 is 1.44 bits per heavy atom. The largest absolute Gasteiger partial charge is 0.341 e. The molecule has 0 amide bonds. The van der Waals surface area contributed by atoms with Gasteiger partial charge in [-0.15, -0.1) is 0 Å². The zero-order valence-corrected chi connectivity index (χ0v) is 9.93. The van der Waals surface area contributed by atoms with E-state index < -0.39 is 0 Å². The zero-order chi connectivity index (χ0) is 11.2. The molecule has 2 heterocycles. The quantitative estimate of drug-likeness (QED) is 0.797. The van der Waals surface area contributed by atoms with Crippen molar-refractivity contribution in [2.24, 2.45) is 0 Å². The fourth-order valence-corrected chi connectivity index (χ4v) is 2.52. The van der Waals surface area contributed by atoms with Crippen molar-refractivity contribution < 1.29 is 0 Å². The SMILES string of the molecule is CC1(c2nc3c(Cl)cccc3[nH]2)CCNC1. The molecule has 1 aliphatic heterocycles. The van der Waals surface area contributed by atoms with Crippen molar-refractivity contribution in [2.45, 2.75) is 18.8 Å². The molecule has 3 nitrogen and oxygen atoms in total. The van der Waals surface area contributed by atoms with Crippen LogP contribution in [0.3, 0.4) is 0 Å². The van der Waals surface area contributed by atoms with Crippen LogP contribution in [0, 0.1) is 0 Å². The first-order valence-electron chi connectivity index (χ1n) is 5.54. The molecule has 0 aliphatic carbocycles. The van der Waals surface area contributed by atoms with E-state index >= 15 is 0 Å². The molecule has 1 aromatic carbocycles. The van der Waals surface area contributed by atoms with Crippen LogP contribution in [-0.2, 0) is 5.41 Å². The molecule has 4 heteroatoms. The third-order valence-electron chi connectivity index (χ3n) is 3.40. The van der Waals surface area contributed by atoms with E-state index in [1.165, 1.54) is 0 Å². The fourth-order valence-electron chi connectivity index (χ4n) is 2.30. The number of rotatable bonds is 1. The van der Waals surface area contributed by atoms with E-state index in [9.17, 15) is 0 Å². The number of hydrogen-bond donors (Lipinski definition) is 2. The lowest BCUT2D eigenvalue weighted by Crippen LogP contribution is -2.26. The monoisotopic (exact) mass is 235 g/mol. The Kier molecular flexibility index (Phi) is 2.19. The van der Waals surface area contributed by atoms with Crippen molar-refractivity contribution in [3.8, 4) is 0 Å². The summed E-state index contributed by atoms with van der Waals surface area (Å²) in [4.78, 5) is 8.02. The molecule has 3 rings (SSSR count). The zero-order valence-electron chi connectivity index (χ0n) is 9.18. The molecule has 2 N–H and O–H groups in total. The van der Waals surface area contributed by atoms with Gasteiger partial charge in [-0.25, -0.2) is 4.98 Å². The van der Waals surface area contributed by atoms with Gasteiger partial charge in [0.15, 0.2) is 0 Å². The Bertz CT molecular complexity index is 526. The fraction of sp³-hybridized carbons (Fsp3) is 0.417. The molecule has 1 unspecified atom stereocenters. The van der Waals surface area contributed by atoms with Crippen molar-refractivity contribution in [3.63, 3.8) is 0 Å². The third-order valence-corrected chi connectivity index (χ3v) is 3.71. The Morgan fingerprint density at radius 3 is 3.00 bits per heavy atom. The minimum atomic E-state index is 0.113. The maximum atomic E-state index is 6.12. The van der Waals surface area contributed by atoms with Crippen molar-refractivity contribution in [3.05, 3.63) is 29.0 Å². The topological polar surface area (TPSA) is 40.7 Å². The Morgan fingerprint density at radius 2 is 2.31 bits per heavy atom. The Hall–Kier alpha value is -1.06. The van der Waals surface area contributed by atoms with Gasteiger partial charge in [0.1, 0.15) is 11.3 Å². The summed E-state index contributed by atoms with van der Waals surface area (Å²) in [7, 11) is 0. The number of fused-ring (bicyclic) bond motifs is 1. The average molecular weight is 236 g/mol. The molecule has 1 fully saturated rings. The molecular formula is C12H14ClN3. The minimum absolute atomic E-state index is 0.113.